The average molecular weight is 302 g/mol. The van der Waals surface area contributed by atoms with Crippen LogP contribution in [0.2, 0.25) is 0 Å². The van der Waals surface area contributed by atoms with Crippen LogP contribution in [0.15, 0.2) is 29.6 Å². The fraction of sp³-hybridized carbons (Fsp3) is 0.471. The van der Waals surface area contributed by atoms with Crippen molar-refractivity contribution in [3.8, 4) is 11.3 Å². The lowest BCUT2D eigenvalue weighted by molar-refractivity contribution is 0.0682. The number of hydrogen-bond donors (Lipinski definition) is 1. The van der Waals surface area contributed by atoms with E-state index < -0.39 is 0 Å². The maximum atomic E-state index is 5.42. The Morgan fingerprint density at radius 3 is 2.43 bits per heavy atom. The number of thiazole rings is 1. The zero-order valence-corrected chi connectivity index (χ0v) is 13.5. The van der Waals surface area contributed by atoms with Crippen LogP contribution in [0.1, 0.15) is 30.7 Å². The molecule has 21 heavy (non-hydrogen) atoms. The highest BCUT2D eigenvalue weighted by atomic mass is 32.1. The number of aromatic nitrogens is 1. The normalized spacial score (nSPS) is 22.2. The quantitative estimate of drug-likeness (QED) is 0.903. The molecule has 1 fully saturated rings. The summed E-state index contributed by atoms with van der Waals surface area (Å²) >= 11 is 1.70. The molecular formula is C17H22N2OS. The molecule has 1 aromatic carbocycles. The molecule has 1 N–H and O–H groups in total. The summed E-state index contributed by atoms with van der Waals surface area (Å²) < 4.78 is 5.42. The topological polar surface area (TPSA) is 34.1 Å². The fourth-order valence-corrected chi connectivity index (χ4v) is 3.53. The molecule has 4 heteroatoms. The van der Waals surface area contributed by atoms with Gasteiger partial charge in [-0.1, -0.05) is 12.1 Å². The van der Waals surface area contributed by atoms with Gasteiger partial charge in [-0.05, 0) is 44.7 Å². The lowest BCUT2D eigenvalue weighted by atomic mass is 9.93. The van der Waals surface area contributed by atoms with Crippen LogP contribution in [0.5, 0.6) is 0 Å². The number of nitrogens with zero attached hydrogens (tertiary/aromatic N) is 1. The summed E-state index contributed by atoms with van der Waals surface area (Å²) in [5, 5.41) is 6.86. The van der Waals surface area contributed by atoms with Crippen molar-refractivity contribution in [3.63, 3.8) is 0 Å². The Morgan fingerprint density at radius 2 is 1.86 bits per heavy atom. The molecular weight excluding hydrogens is 280 g/mol. The van der Waals surface area contributed by atoms with Crippen LogP contribution in [-0.4, -0.2) is 24.2 Å². The first kappa shape index (κ1) is 14.5. The fourth-order valence-electron chi connectivity index (χ4n) is 2.91. The van der Waals surface area contributed by atoms with Crippen molar-refractivity contribution in [2.24, 2.45) is 0 Å². The molecule has 1 saturated carbocycles. The zero-order chi connectivity index (χ0) is 14.7. The summed E-state index contributed by atoms with van der Waals surface area (Å²) in [7, 11) is 1.82. The van der Waals surface area contributed by atoms with Crippen LogP contribution in [-0.2, 0) is 4.74 Å². The third-order valence-corrected chi connectivity index (χ3v) is 4.95. The van der Waals surface area contributed by atoms with Crippen molar-refractivity contribution >= 4 is 17.0 Å². The summed E-state index contributed by atoms with van der Waals surface area (Å²) in [6.07, 6.45) is 5.14. The third kappa shape index (κ3) is 3.63. The van der Waals surface area contributed by atoms with E-state index in [0.717, 1.165) is 23.5 Å². The Labute approximate surface area is 130 Å². The molecule has 0 unspecified atom stereocenters. The van der Waals surface area contributed by atoms with Gasteiger partial charge in [0.15, 0.2) is 0 Å². The van der Waals surface area contributed by atoms with Crippen molar-refractivity contribution in [3.05, 3.63) is 34.7 Å². The van der Waals surface area contributed by atoms with Crippen molar-refractivity contribution in [2.75, 3.05) is 12.4 Å². The molecule has 2 aromatic rings. The van der Waals surface area contributed by atoms with Gasteiger partial charge in [0.1, 0.15) is 0 Å². The molecule has 1 aromatic heterocycles. The van der Waals surface area contributed by atoms with Crippen molar-refractivity contribution < 1.29 is 4.74 Å². The highest BCUT2D eigenvalue weighted by Gasteiger charge is 2.20. The Hall–Kier alpha value is -1.39. The number of methoxy groups -OCH3 is 1. The predicted molar refractivity (Wildman–Crippen MR) is 89.0 cm³/mol. The zero-order valence-electron chi connectivity index (χ0n) is 12.6. The number of benzene rings is 1. The minimum atomic E-state index is 0.457. The first-order valence-electron chi connectivity index (χ1n) is 7.56. The summed E-state index contributed by atoms with van der Waals surface area (Å²) in [6, 6.07) is 9.19. The number of nitrogens with one attached hydrogen (secondary N) is 1. The number of rotatable bonds is 4. The summed E-state index contributed by atoms with van der Waals surface area (Å²) in [5.41, 5.74) is 3.46. The van der Waals surface area contributed by atoms with Crippen LogP contribution >= 0.6 is 11.3 Å². The lowest BCUT2D eigenvalue weighted by Crippen LogP contribution is -2.29. The smallest absolute Gasteiger partial charge is 0.0901 e. The van der Waals surface area contributed by atoms with Gasteiger partial charge in [-0.15, -0.1) is 11.3 Å². The van der Waals surface area contributed by atoms with Crippen LogP contribution in [0.4, 0.5) is 5.69 Å². The average Bonchev–Trinajstić information content (AvgIpc) is 2.95. The van der Waals surface area contributed by atoms with E-state index in [1.807, 2.05) is 14.0 Å². The molecule has 0 spiro atoms. The molecule has 0 amide bonds. The van der Waals surface area contributed by atoms with Crippen LogP contribution in [0.3, 0.4) is 0 Å². The van der Waals surface area contributed by atoms with E-state index in [1.54, 1.807) is 11.3 Å². The Balaban J connectivity index is 1.60. The molecule has 1 aliphatic rings. The van der Waals surface area contributed by atoms with E-state index in [1.165, 1.54) is 24.1 Å². The first-order chi connectivity index (χ1) is 10.2. The maximum Gasteiger partial charge on any atom is 0.0901 e. The van der Waals surface area contributed by atoms with E-state index >= 15 is 0 Å². The van der Waals surface area contributed by atoms with Gasteiger partial charge >= 0.3 is 0 Å². The summed E-state index contributed by atoms with van der Waals surface area (Å²) in [6.45, 7) is 2.04. The van der Waals surface area contributed by atoms with E-state index in [9.17, 15) is 0 Å². The minimum Gasteiger partial charge on any atom is -0.382 e. The van der Waals surface area contributed by atoms with Gasteiger partial charge < -0.3 is 10.1 Å². The van der Waals surface area contributed by atoms with E-state index in [0.29, 0.717) is 12.1 Å². The summed E-state index contributed by atoms with van der Waals surface area (Å²) in [4.78, 5) is 4.53. The highest BCUT2D eigenvalue weighted by Crippen LogP contribution is 2.26. The van der Waals surface area contributed by atoms with Crippen LogP contribution in [0.25, 0.3) is 11.3 Å². The monoisotopic (exact) mass is 302 g/mol. The Morgan fingerprint density at radius 1 is 1.14 bits per heavy atom. The molecule has 112 valence electrons. The SMILES string of the molecule is COC1CCC(Nc2ccc(-c3csc(C)n3)cc2)CC1. The van der Waals surface area contributed by atoms with Gasteiger partial charge in [0.05, 0.1) is 16.8 Å². The van der Waals surface area contributed by atoms with Crippen molar-refractivity contribution in [1.82, 2.24) is 4.98 Å². The lowest BCUT2D eigenvalue weighted by Gasteiger charge is -2.28. The van der Waals surface area contributed by atoms with Crippen molar-refractivity contribution in [2.45, 2.75) is 44.8 Å². The molecule has 3 nitrogen and oxygen atoms in total. The highest BCUT2D eigenvalue weighted by molar-refractivity contribution is 7.09. The van der Waals surface area contributed by atoms with Gasteiger partial charge in [-0.25, -0.2) is 4.98 Å². The maximum absolute atomic E-state index is 5.42. The second-order valence-corrected chi connectivity index (χ2v) is 6.75. The molecule has 0 radical (unpaired) electrons. The molecule has 1 heterocycles. The third-order valence-electron chi connectivity index (χ3n) is 4.18. The van der Waals surface area contributed by atoms with E-state index in [-0.39, 0.29) is 0 Å². The number of hydrogen-bond acceptors (Lipinski definition) is 4. The number of aryl methyl sites for hydroxylation is 1. The Kier molecular flexibility index (Phi) is 4.56. The standard InChI is InChI=1S/C17H22N2OS/c1-12-18-17(11-21-12)13-3-5-14(6-4-13)19-15-7-9-16(20-2)10-8-15/h3-6,11,15-16,19H,7-10H2,1-2H3. The largest absolute Gasteiger partial charge is 0.382 e. The van der Waals surface area contributed by atoms with Gasteiger partial charge in [0.2, 0.25) is 0 Å². The minimum absolute atomic E-state index is 0.457. The van der Waals surface area contributed by atoms with Crippen molar-refractivity contribution in [1.29, 1.82) is 0 Å². The van der Waals surface area contributed by atoms with Gasteiger partial charge in [0.25, 0.3) is 0 Å². The molecule has 0 bridgehead atoms. The Bertz CT molecular complexity index is 571. The van der Waals surface area contributed by atoms with Gasteiger partial charge in [-0.2, -0.15) is 0 Å². The first-order valence-corrected chi connectivity index (χ1v) is 8.44. The molecule has 1 aliphatic carbocycles. The van der Waals surface area contributed by atoms with Gasteiger partial charge in [0, 0.05) is 29.8 Å². The van der Waals surface area contributed by atoms with E-state index in [2.05, 4.69) is 39.9 Å². The second kappa shape index (κ2) is 6.58. The molecule has 3 rings (SSSR count). The van der Waals surface area contributed by atoms with Gasteiger partial charge in [-0.3, -0.25) is 0 Å². The number of anilines is 1. The predicted octanol–water partition coefficient (Wildman–Crippen LogP) is 4.49. The van der Waals surface area contributed by atoms with Crippen LogP contribution in [0, 0.1) is 6.92 Å². The van der Waals surface area contributed by atoms with Crippen LogP contribution < -0.4 is 5.32 Å². The molecule has 0 saturated heterocycles. The molecule has 0 atom stereocenters. The second-order valence-electron chi connectivity index (χ2n) is 5.68. The molecule has 0 aliphatic heterocycles. The number of ether oxygens (including phenoxy) is 1. The summed E-state index contributed by atoms with van der Waals surface area (Å²) in [5.74, 6) is 0. The van der Waals surface area contributed by atoms with E-state index in [4.69, 9.17) is 4.74 Å².